The van der Waals surface area contributed by atoms with Gasteiger partial charge in [0.2, 0.25) is 0 Å². The minimum Gasteiger partial charge on any atom is -0.294 e. The molecule has 0 aromatic heterocycles. The number of hydrogen-bond donors (Lipinski definition) is 0. The van der Waals surface area contributed by atoms with Crippen molar-refractivity contribution in [1.82, 2.24) is 0 Å². The monoisotopic (exact) mass is 400 g/mol. The zero-order chi connectivity index (χ0) is 21.0. The van der Waals surface area contributed by atoms with Crippen LogP contribution in [0.2, 0.25) is 0 Å². The Balaban J connectivity index is 1.58. The number of Topliss-reactive ketones (excluding diaryl/α,β-unsaturated/α-hetero) is 2. The largest absolute Gasteiger partial charge is 0.294 e. The fourth-order valence-corrected chi connectivity index (χ4v) is 5.64. The maximum Gasteiger partial charge on any atom is 0.167 e. The Bertz CT molecular complexity index is 1220. The quantitative estimate of drug-likeness (QED) is 0.396. The highest BCUT2D eigenvalue weighted by atomic mass is 16.1. The van der Waals surface area contributed by atoms with E-state index < -0.39 is 17.3 Å². The summed E-state index contributed by atoms with van der Waals surface area (Å²) in [6.07, 6.45) is 0. The van der Waals surface area contributed by atoms with Gasteiger partial charge in [0.05, 0.1) is 0 Å². The molecule has 0 unspecified atom stereocenters. The van der Waals surface area contributed by atoms with Gasteiger partial charge in [-0.2, -0.15) is 0 Å². The summed E-state index contributed by atoms with van der Waals surface area (Å²) < 4.78 is 0. The predicted octanol–water partition coefficient (Wildman–Crippen LogP) is 5.96. The van der Waals surface area contributed by atoms with Crippen molar-refractivity contribution in [3.05, 3.63) is 131 Å². The smallest absolute Gasteiger partial charge is 0.167 e. The van der Waals surface area contributed by atoms with Crippen molar-refractivity contribution in [1.29, 1.82) is 0 Å². The first-order valence-electron chi connectivity index (χ1n) is 10.6. The van der Waals surface area contributed by atoms with E-state index in [4.69, 9.17) is 0 Å². The third-order valence-electron chi connectivity index (χ3n) is 6.92. The van der Waals surface area contributed by atoms with E-state index in [1.807, 2.05) is 84.9 Å². The van der Waals surface area contributed by atoms with Crippen LogP contribution in [-0.2, 0) is 5.41 Å². The predicted molar refractivity (Wildman–Crippen MR) is 121 cm³/mol. The lowest BCUT2D eigenvalue weighted by Gasteiger charge is -2.15. The lowest BCUT2D eigenvalue weighted by Crippen LogP contribution is -2.16. The highest BCUT2D eigenvalue weighted by Crippen LogP contribution is 2.71. The van der Waals surface area contributed by atoms with Gasteiger partial charge in [0.25, 0.3) is 0 Å². The topological polar surface area (TPSA) is 34.1 Å². The van der Waals surface area contributed by atoms with Gasteiger partial charge in [0.15, 0.2) is 11.6 Å². The standard InChI is InChI=1S/C29H20O2/c30-27(19-11-3-1-4-12-19)25-26(28(31)20-13-5-2-6-14-20)29(25)23-17-9-7-15-21(23)22-16-8-10-18-24(22)29/h1-18,25-26H/t25-,26-/m1/s1. The first kappa shape index (κ1) is 18.0. The van der Waals surface area contributed by atoms with E-state index in [1.54, 1.807) is 0 Å². The SMILES string of the molecule is O=C(c1ccccc1)[C@H]1[C@H](C(=O)c2ccccc2)C12c1ccccc1-c1ccccc12. The molecule has 0 bridgehead atoms. The van der Waals surface area contributed by atoms with E-state index in [2.05, 4.69) is 24.3 Å². The molecule has 6 rings (SSSR count). The van der Waals surface area contributed by atoms with Crippen LogP contribution in [0.15, 0.2) is 109 Å². The maximum absolute atomic E-state index is 13.8. The number of hydrogen-bond acceptors (Lipinski definition) is 2. The van der Waals surface area contributed by atoms with Crippen molar-refractivity contribution in [2.45, 2.75) is 5.41 Å². The minimum absolute atomic E-state index is 0.0430. The Morgan fingerprint density at radius 1 is 0.484 bits per heavy atom. The molecule has 1 saturated carbocycles. The second-order valence-corrected chi connectivity index (χ2v) is 8.38. The normalized spacial score (nSPS) is 19.5. The Kier molecular flexibility index (Phi) is 3.85. The molecule has 2 aliphatic carbocycles. The van der Waals surface area contributed by atoms with Gasteiger partial charge in [0, 0.05) is 28.4 Å². The minimum atomic E-state index is -0.604. The van der Waals surface area contributed by atoms with Crippen LogP contribution in [0, 0.1) is 11.8 Å². The Morgan fingerprint density at radius 3 is 1.26 bits per heavy atom. The van der Waals surface area contributed by atoms with Crippen LogP contribution in [-0.4, -0.2) is 11.6 Å². The van der Waals surface area contributed by atoms with Gasteiger partial charge < -0.3 is 0 Å². The highest BCUT2D eigenvalue weighted by molar-refractivity contribution is 6.13. The first-order chi connectivity index (χ1) is 15.2. The van der Waals surface area contributed by atoms with Gasteiger partial charge >= 0.3 is 0 Å². The van der Waals surface area contributed by atoms with Crippen LogP contribution >= 0.6 is 0 Å². The Morgan fingerprint density at radius 2 is 0.839 bits per heavy atom. The van der Waals surface area contributed by atoms with E-state index in [0.717, 1.165) is 22.3 Å². The van der Waals surface area contributed by atoms with Crippen LogP contribution in [0.5, 0.6) is 0 Å². The number of ketones is 2. The van der Waals surface area contributed by atoms with Gasteiger partial charge in [-0.25, -0.2) is 0 Å². The van der Waals surface area contributed by atoms with E-state index >= 15 is 0 Å². The Hall–Kier alpha value is -3.78. The summed E-state index contributed by atoms with van der Waals surface area (Å²) in [4.78, 5) is 27.6. The van der Waals surface area contributed by atoms with Crippen LogP contribution in [0.4, 0.5) is 0 Å². The fourth-order valence-electron chi connectivity index (χ4n) is 5.64. The van der Waals surface area contributed by atoms with Crippen LogP contribution in [0.1, 0.15) is 31.8 Å². The molecule has 0 heterocycles. The first-order valence-corrected chi connectivity index (χ1v) is 10.6. The highest BCUT2D eigenvalue weighted by Gasteiger charge is 2.74. The Labute approximate surface area is 181 Å². The molecule has 1 spiro atoms. The zero-order valence-corrected chi connectivity index (χ0v) is 16.9. The van der Waals surface area contributed by atoms with Crippen LogP contribution in [0.3, 0.4) is 0 Å². The molecule has 0 radical (unpaired) electrons. The summed E-state index contributed by atoms with van der Waals surface area (Å²) in [5.74, 6) is -0.734. The molecule has 0 N–H and O–H groups in total. The lowest BCUT2D eigenvalue weighted by atomic mass is 9.86. The van der Waals surface area contributed by atoms with Gasteiger partial charge in [-0.3, -0.25) is 9.59 Å². The molecular weight excluding hydrogens is 380 g/mol. The molecule has 2 aliphatic rings. The van der Waals surface area contributed by atoms with E-state index in [-0.39, 0.29) is 11.6 Å². The third kappa shape index (κ3) is 2.39. The molecule has 0 amide bonds. The summed E-state index contributed by atoms with van der Waals surface area (Å²) in [5, 5.41) is 0. The summed E-state index contributed by atoms with van der Waals surface area (Å²) in [6, 6.07) is 35.2. The van der Waals surface area contributed by atoms with E-state index in [0.29, 0.717) is 11.1 Å². The van der Waals surface area contributed by atoms with Gasteiger partial charge in [0.1, 0.15) is 0 Å². The number of carbonyl (C=O) groups excluding carboxylic acids is 2. The molecule has 1 fully saturated rings. The average Bonchev–Trinajstić information content (AvgIpc) is 3.46. The van der Waals surface area contributed by atoms with Gasteiger partial charge in [-0.05, 0) is 22.3 Å². The molecule has 2 nitrogen and oxygen atoms in total. The van der Waals surface area contributed by atoms with Crippen LogP contribution < -0.4 is 0 Å². The average molecular weight is 400 g/mol. The van der Waals surface area contributed by atoms with Crippen molar-refractivity contribution >= 4 is 11.6 Å². The number of carbonyl (C=O) groups is 2. The summed E-state index contributed by atoms with van der Waals surface area (Å²) in [6.45, 7) is 0. The van der Waals surface area contributed by atoms with Crippen molar-refractivity contribution in [2.24, 2.45) is 11.8 Å². The molecule has 4 aromatic rings. The molecule has 2 heteroatoms. The number of rotatable bonds is 4. The van der Waals surface area contributed by atoms with Crippen molar-refractivity contribution < 1.29 is 9.59 Å². The molecular formula is C29H20O2. The summed E-state index contributed by atoms with van der Waals surface area (Å²) in [7, 11) is 0. The number of fused-ring (bicyclic) bond motifs is 5. The van der Waals surface area contributed by atoms with Gasteiger partial charge in [-0.1, -0.05) is 109 Å². The summed E-state index contributed by atoms with van der Waals surface area (Å²) >= 11 is 0. The summed E-state index contributed by atoms with van der Waals surface area (Å²) in [5.41, 5.74) is 5.18. The zero-order valence-electron chi connectivity index (χ0n) is 16.9. The molecule has 148 valence electrons. The van der Waals surface area contributed by atoms with Crippen molar-refractivity contribution in [3.8, 4) is 11.1 Å². The number of benzene rings is 4. The molecule has 0 saturated heterocycles. The van der Waals surface area contributed by atoms with Crippen molar-refractivity contribution in [3.63, 3.8) is 0 Å². The van der Waals surface area contributed by atoms with Gasteiger partial charge in [-0.15, -0.1) is 0 Å². The van der Waals surface area contributed by atoms with E-state index in [1.165, 1.54) is 0 Å². The van der Waals surface area contributed by atoms with E-state index in [9.17, 15) is 9.59 Å². The maximum atomic E-state index is 13.8. The second kappa shape index (κ2) is 6.61. The molecule has 4 aromatic carbocycles. The molecule has 0 aliphatic heterocycles. The fraction of sp³-hybridized carbons (Fsp3) is 0.103. The second-order valence-electron chi connectivity index (χ2n) is 8.38. The van der Waals surface area contributed by atoms with Crippen molar-refractivity contribution in [2.75, 3.05) is 0 Å². The lowest BCUT2D eigenvalue weighted by molar-refractivity contribution is 0.0906. The molecule has 2 atom stereocenters. The van der Waals surface area contributed by atoms with Crippen LogP contribution in [0.25, 0.3) is 11.1 Å². The molecule has 31 heavy (non-hydrogen) atoms. The third-order valence-corrected chi connectivity index (χ3v) is 6.92.